The van der Waals surface area contributed by atoms with Gasteiger partial charge in [-0.25, -0.2) is 0 Å². The first-order chi connectivity index (χ1) is 15.1. The smallest absolute Gasteiger partial charge is 0.246 e. The predicted octanol–water partition coefficient (Wildman–Crippen LogP) is 4.16. The van der Waals surface area contributed by atoms with Crippen LogP contribution in [0.1, 0.15) is 24.0 Å². The Morgan fingerprint density at radius 2 is 1.81 bits per heavy atom. The van der Waals surface area contributed by atoms with E-state index in [9.17, 15) is 4.79 Å². The molecule has 0 N–H and O–H groups in total. The summed E-state index contributed by atoms with van der Waals surface area (Å²) in [4.78, 5) is 17.1. The summed E-state index contributed by atoms with van der Waals surface area (Å²) in [6.45, 7) is 2.31. The molecule has 4 rings (SSSR count). The Labute approximate surface area is 184 Å². The van der Waals surface area contributed by atoms with E-state index in [0.717, 1.165) is 42.8 Å². The SMILES string of the molecule is CN(C)C1CCCN(C(=O)/C=C/c2cn(Cc3ccccc3)nc2-c2ccccc2)C1. The molecule has 0 bridgehead atoms. The highest BCUT2D eigenvalue weighted by molar-refractivity contribution is 5.93. The molecule has 1 aliphatic rings. The van der Waals surface area contributed by atoms with Gasteiger partial charge in [0.25, 0.3) is 0 Å². The highest BCUT2D eigenvalue weighted by Crippen LogP contribution is 2.24. The molecule has 31 heavy (non-hydrogen) atoms. The van der Waals surface area contributed by atoms with E-state index < -0.39 is 0 Å². The molecule has 1 aromatic heterocycles. The Balaban J connectivity index is 1.56. The van der Waals surface area contributed by atoms with Crippen LogP contribution in [0.5, 0.6) is 0 Å². The number of piperidine rings is 1. The van der Waals surface area contributed by atoms with Crippen LogP contribution in [-0.4, -0.2) is 58.7 Å². The summed E-state index contributed by atoms with van der Waals surface area (Å²) >= 11 is 0. The molecule has 1 saturated heterocycles. The van der Waals surface area contributed by atoms with Crippen molar-refractivity contribution in [2.75, 3.05) is 27.2 Å². The summed E-state index contributed by atoms with van der Waals surface area (Å²) in [7, 11) is 4.17. The zero-order chi connectivity index (χ0) is 21.6. The first-order valence-electron chi connectivity index (χ1n) is 10.9. The van der Waals surface area contributed by atoms with Gasteiger partial charge in [0.15, 0.2) is 0 Å². The van der Waals surface area contributed by atoms with Crippen LogP contribution in [0.4, 0.5) is 0 Å². The van der Waals surface area contributed by atoms with Gasteiger partial charge in [-0.1, -0.05) is 60.7 Å². The molecular formula is C26H30N4O. The normalized spacial score (nSPS) is 16.9. The quantitative estimate of drug-likeness (QED) is 0.569. The number of likely N-dealkylation sites (N-methyl/N-ethyl adjacent to an activating group) is 1. The summed E-state index contributed by atoms with van der Waals surface area (Å²) in [5, 5.41) is 4.84. The van der Waals surface area contributed by atoms with Gasteiger partial charge in [-0.05, 0) is 38.6 Å². The Morgan fingerprint density at radius 1 is 1.10 bits per heavy atom. The number of amides is 1. The average molecular weight is 415 g/mol. The maximum absolute atomic E-state index is 12.9. The van der Waals surface area contributed by atoms with Crippen LogP contribution >= 0.6 is 0 Å². The van der Waals surface area contributed by atoms with Crippen LogP contribution in [-0.2, 0) is 11.3 Å². The summed E-state index contributed by atoms with van der Waals surface area (Å²) in [6, 6.07) is 20.9. The van der Waals surface area contributed by atoms with E-state index in [0.29, 0.717) is 12.6 Å². The van der Waals surface area contributed by atoms with E-state index in [4.69, 9.17) is 5.10 Å². The van der Waals surface area contributed by atoms with Gasteiger partial charge < -0.3 is 9.80 Å². The number of hydrogen-bond donors (Lipinski definition) is 0. The molecule has 1 atom stereocenters. The molecule has 1 fully saturated rings. The second kappa shape index (κ2) is 9.75. The molecule has 1 unspecified atom stereocenters. The minimum absolute atomic E-state index is 0.0707. The van der Waals surface area contributed by atoms with Gasteiger partial charge in [0, 0.05) is 42.5 Å². The molecule has 1 amide bonds. The van der Waals surface area contributed by atoms with Crippen LogP contribution in [0.2, 0.25) is 0 Å². The number of nitrogens with zero attached hydrogens (tertiary/aromatic N) is 4. The molecule has 0 spiro atoms. The summed E-state index contributed by atoms with van der Waals surface area (Å²) in [6.07, 6.45) is 7.84. The van der Waals surface area contributed by atoms with Crippen LogP contribution < -0.4 is 0 Å². The zero-order valence-electron chi connectivity index (χ0n) is 18.3. The van der Waals surface area contributed by atoms with E-state index in [1.165, 1.54) is 5.56 Å². The molecule has 0 saturated carbocycles. The van der Waals surface area contributed by atoms with Crippen molar-refractivity contribution in [2.24, 2.45) is 0 Å². The molecule has 0 radical (unpaired) electrons. The fraction of sp³-hybridized carbons (Fsp3) is 0.308. The maximum Gasteiger partial charge on any atom is 0.246 e. The number of carbonyl (C=O) groups is 1. The number of likely N-dealkylation sites (tertiary alicyclic amines) is 1. The van der Waals surface area contributed by atoms with E-state index in [2.05, 4.69) is 43.3 Å². The van der Waals surface area contributed by atoms with Crippen molar-refractivity contribution in [3.8, 4) is 11.3 Å². The molecular weight excluding hydrogens is 384 g/mol. The molecule has 2 heterocycles. The van der Waals surface area contributed by atoms with Crippen LogP contribution in [0.15, 0.2) is 72.9 Å². The Bertz CT molecular complexity index is 1020. The zero-order valence-corrected chi connectivity index (χ0v) is 18.3. The lowest BCUT2D eigenvalue weighted by atomic mass is 10.0. The minimum atomic E-state index is 0.0707. The summed E-state index contributed by atoms with van der Waals surface area (Å²) in [5.74, 6) is 0.0707. The third-order valence-electron chi connectivity index (χ3n) is 5.87. The van der Waals surface area contributed by atoms with E-state index in [-0.39, 0.29) is 5.91 Å². The first kappa shape index (κ1) is 21.1. The third-order valence-corrected chi connectivity index (χ3v) is 5.87. The van der Waals surface area contributed by atoms with E-state index in [1.807, 2.05) is 58.3 Å². The van der Waals surface area contributed by atoms with Crippen molar-refractivity contribution >= 4 is 12.0 Å². The Kier molecular flexibility index (Phi) is 6.63. The number of rotatable bonds is 6. The Hall–Kier alpha value is -3.18. The molecule has 160 valence electrons. The lowest BCUT2D eigenvalue weighted by Gasteiger charge is -2.35. The van der Waals surface area contributed by atoms with Crippen LogP contribution in [0.25, 0.3) is 17.3 Å². The van der Waals surface area contributed by atoms with Crippen molar-refractivity contribution in [1.29, 1.82) is 0 Å². The molecule has 2 aromatic carbocycles. The van der Waals surface area contributed by atoms with Gasteiger partial charge in [-0.3, -0.25) is 9.48 Å². The standard InChI is InChI=1S/C26H30N4O/c1-28(2)24-14-9-17-29(20-24)25(31)16-15-23-19-30(18-21-10-5-3-6-11-21)27-26(23)22-12-7-4-8-13-22/h3-8,10-13,15-16,19,24H,9,14,17-18,20H2,1-2H3/b16-15+. The fourth-order valence-electron chi connectivity index (χ4n) is 4.07. The minimum Gasteiger partial charge on any atom is -0.338 e. The lowest BCUT2D eigenvalue weighted by molar-refractivity contribution is -0.127. The van der Waals surface area contributed by atoms with Crippen molar-refractivity contribution in [1.82, 2.24) is 19.6 Å². The maximum atomic E-state index is 12.9. The van der Waals surface area contributed by atoms with Gasteiger partial charge in [-0.2, -0.15) is 5.10 Å². The number of carbonyl (C=O) groups excluding carboxylic acids is 1. The predicted molar refractivity (Wildman–Crippen MR) is 126 cm³/mol. The monoisotopic (exact) mass is 414 g/mol. The lowest BCUT2D eigenvalue weighted by Crippen LogP contribution is -2.47. The largest absolute Gasteiger partial charge is 0.338 e. The van der Waals surface area contributed by atoms with Gasteiger partial charge in [0.2, 0.25) is 5.91 Å². The van der Waals surface area contributed by atoms with Gasteiger partial charge in [-0.15, -0.1) is 0 Å². The van der Waals surface area contributed by atoms with Crippen LogP contribution in [0, 0.1) is 0 Å². The van der Waals surface area contributed by atoms with Gasteiger partial charge in [0.05, 0.1) is 12.2 Å². The topological polar surface area (TPSA) is 41.4 Å². The average Bonchev–Trinajstić information content (AvgIpc) is 3.21. The summed E-state index contributed by atoms with van der Waals surface area (Å²) in [5.41, 5.74) is 4.09. The second-order valence-corrected chi connectivity index (χ2v) is 8.36. The van der Waals surface area contributed by atoms with Gasteiger partial charge >= 0.3 is 0 Å². The van der Waals surface area contributed by atoms with Crippen molar-refractivity contribution < 1.29 is 4.79 Å². The highest BCUT2D eigenvalue weighted by Gasteiger charge is 2.23. The molecule has 0 aliphatic carbocycles. The second-order valence-electron chi connectivity index (χ2n) is 8.36. The van der Waals surface area contributed by atoms with Crippen LogP contribution in [0.3, 0.4) is 0 Å². The molecule has 1 aliphatic heterocycles. The molecule has 3 aromatic rings. The summed E-state index contributed by atoms with van der Waals surface area (Å²) < 4.78 is 1.95. The third kappa shape index (κ3) is 5.30. The fourth-order valence-corrected chi connectivity index (χ4v) is 4.07. The van der Waals surface area contributed by atoms with Crippen molar-refractivity contribution in [3.63, 3.8) is 0 Å². The number of benzene rings is 2. The Morgan fingerprint density at radius 3 is 2.52 bits per heavy atom. The molecule has 5 heteroatoms. The van der Waals surface area contributed by atoms with E-state index in [1.54, 1.807) is 6.08 Å². The van der Waals surface area contributed by atoms with Gasteiger partial charge in [0.1, 0.15) is 0 Å². The van der Waals surface area contributed by atoms with Crippen molar-refractivity contribution in [2.45, 2.75) is 25.4 Å². The molecule has 5 nitrogen and oxygen atoms in total. The first-order valence-corrected chi connectivity index (χ1v) is 10.9. The highest BCUT2D eigenvalue weighted by atomic mass is 16.2. The van der Waals surface area contributed by atoms with E-state index >= 15 is 0 Å². The number of hydrogen-bond acceptors (Lipinski definition) is 3. The number of aromatic nitrogens is 2. The van der Waals surface area contributed by atoms with Crippen molar-refractivity contribution in [3.05, 3.63) is 84.1 Å².